The van der Waals surface area contributed by atoms with Gasteiger partial charge in [0.1, 0.15) is 12.6 Å². The summed E-state index contributed by atoms with van der Waals surface area (Å²) >= 11 is 13.0. The van der Waals surface area contributed by atoms with Crippen LogP contribution in [0.2, 0.25) is 10.0 Å². The number of rotatable bonds is 12. The number of sulfonamides is 1. The zero-order valence-electron chi connectivity index (χ0n) is 23.1. The van der Waals surface area contributed by atoms with Crippen LogP contribution >= 0.6 is 23.2 Å². The van der Waals surface area contributed by atoms with Crippen molar-refractivity contribution in [3.63, 3.8) is 0 Å². The average molecular weight is 605 g/mol. The van der Waals surface area contributed by atoms with Gasteiger partial charge in [-0.3, -0.25) is 13.9 Å². The molecule has 0 aliphatic carbocycles. The number of benzene rings is 3. The molecular formula is C30H35Cl2N3O4S. The Bertz CT molecular complexity index is 1400. The highest BCUT2D eigenvalue weighted by Gasteiger charge is 2.34. The van der Waals surface area contributed by atoms with Gasteiger partial charge in [0.15, 0.2) is 0 Å². The van der Waals surface area contributed by atoms with Crippen molar-refractivity contribution >= 4 is 50.7 Å². The fraction of sp³-hybridized carbons (Fsp3) is 0.333. The van der Waals surface area contributed by atoms with E-state index in [1.165, 1.54) is 4.90 Å². The van der Waals surface area contributed by atoms with Crippen molar-refractivity contribution in [2.75, 3.05) is 17.1 Å². The molecule has 0 heterocycles. The molecule has 10 heteroatoms. The highest BCUT2D eigenvalue weighted by Crippen LogP contribution is 2.28. The second-order valence-electron chi connectivity index (χ2n) is 9.85. The monoisotopic (exact) mass is 603 g/mol. The summed E-state index contributed by atoms with van der Waals surface area (Å²) in [5.74, 6) is -0.918. The van der Waals surface area contributed by atoms with E-state index in [1.54, 1.807) is 42.5 Å². The number of carbonyl (C=O) groups excluding carboxylic acids is 2. The molecule has 1 N–H and O–H groups in total. The number of aryl methyl sites for hydroxylation is 1. The predicted octanol–water partition coefficient (Wildman–Crippen LogP) is 5.62. The normalized spacial score (nSPS) is 12.8. The molecule has 0 unspecified atom stereocenters. The average Bonchev–Trinajstić information content (AvgIpc) is 2.91. The maximum Gasteiger partial charge on any atom is 0.244 e. The molecule has 40 heavy (non-hydrogen) atoms. The van der Waals surface area contributed by atoms with Gasteiger partial charge in [-0.25, -0.2) is 8.42 Å². The van der Waals surface area contributed by atoms with E-state index < -0.39 is 28.5 Å². The Kier molecular flexibility index (Phi) is 11.0. The molecule has 3 aromatic carbocycles. The molecule has 7 nitrogen and oxygen atoms in total. The standard InChI is InChI=1S/C30H35Cl2N3O4S/c1-5-22(3)33-30(37)28(18-23-10-7-6-8-11-23)34(19-25-26(31)12-9-13-27(25)32)29(36)20-35(40(4,38)39)24-16-14-21(2)15-17-24/h6-17,22,28H,5,18-20H2,1-4H3,(H,33,37)/t22-,28+/m1/s1. The van der Waals surface area contributed by atoms with Crippen molar-refractivity contribution < 1.29 is 18.0 Å². The third kappa shape index (κ3) is 8.46. The molecule has 2 atom stereocenters. The summed E-state index contributed by atoms with van der Waals surface area (Å²) < 4.78 is 26.8. The molecule has 2 amide bonds. The van der Waals surface area contributed by atoms with Crippen LogP contribution in [0.3, 0.4) is 0 Å². The molecule has 3 rings (SSSR count). The summed E-state index contributed by atoms with van der Waals surface area (Å²) in [5, 5.41) is 3.67. The quantitative estimate of drug-likeness (QED) is 0.291. The van der Waals surface area contributed by atoms with Gasteiger partial charge in [0.05, 0.1) is 11.9 Å². The first-order chi connectivity index (χ1) is 18.9. The highest BCUT2D eigenvalue weighted by molar-refractivity contribution is 7.92. The van der Waals surface area contributed by atoms with E-state index >= 15 is 0 Å². The van der Waals surface area contributed by atoms with Crippen LogP contribution in [0.5, 0.6) is 0 Å². The van der Waals surface area contributed by atoms with Gasteiger partial charge in [-0.2, -0.15) is 0 Å². The predicted molar refractivity (Wildman–Crippen MR) is 162 cm³/mol. The third-order valence-corrected chi connectivity index (χ3v) is 8.51. The minimum absolute atomic E-state index is 0.0890. The number of nitrogens with zero attached hydrogens (tertiary/aromatic N) is 2. The molecule has 214 valence electrons. The van der Waals surface area contributed by atoms with Crippen molar-refractivity contribution in [3.8, 4) is 0 Å². The van der Waals surface area contributed by atoms with Crippen LogP contribution in [0.25, 0.3) is 0 Å². The lowest BCUT2D eigenvalue weighted by Gasteiger charge is -2.34. The maximum atomic E-state index is 14.1. The van der Waals surface area contributed by atoms with Gasteiger partial charge >= 0.3 is 0 Å². The van der Waals surface area contributed by atoms with Crippen LogP contribution in [0.4, 0.5) is 5.69 Å². The number of amides is 2. The van der Waals surface area contributed by atoms with Gasteiger partial charge in [-0.1, -0.05) is 84.2 Å². The first kappa shape index (κ1) is 31.5. The van der Waals surface area contributed by atoms with Gasteiger partial charge in [-0.15, -0.1) is 0 Å². The van der Waals surface area contributed by atoms with E-state index in [-0.39, 0.29) is 24.9 Å². The summed E-state index contributed by atoms with van der Waals surface area (Å²) in [5.41, 5.74) is 2.60. The summed E-state index contributed by atoms with van der Waals surface area (Å²) in [7, 11) is -3.84. The first-order valence-corrected chi connectivity index (χ1v) is 15.6. The molecule has 0 radical (unpaired) electrons. The number of carbonyl (C=O) groups is 2. The fourth-order valence-electron chi connectivity index (χ4n) is 4.17. The van der Waals surface area contributed by atoms with Crippen LogP contribution in [0.15, 0.2) is 72.8 Å². The summed E-state index contributed by atoms with van der Waals surface area (Å²) in [6.07, 6.45) is 1.95. The maximum absolute atomic E-state index is 14.1. The largest absolute Gasteiger partial charge is 0.352 e. The van der Waals surface area contributed by atoms with Crippen LogP contribution in [-0.4, -0.2) is 50.0 Å². The zero-order chi connectivity index (χ0) is 29.4. The van der Waals surface area contributed by atoms with Crippen molar-refractivity contribution in [2.45, 2.75) is 52.2 Å². The Labute approximate surface area is 247 Å². The number of nitrogens with one attached hydrogen (secondary N) is 1. The molecule has 0 spiro atoms. The summed E-state index contributed by atoms with van der Waals surface area (Å²) in [6, 6.07) is 20.1. The highest BCUT2D eigenvalue weighted by atomic mass is 35.5. The third-order valence-electron chi connectivity index (χ3n) is 6.66. The lowest BCUT2D eigenvalue weighted by Crippen LogP contribution is -2.54. The van der Waals surface area contributed by atoms with E-state index in [0.717, 1.165) is 21.7 Å². The fourth-order valence-corrected chi connectivity index (χ4v) is 5.54. The molecule has 3 aromatic rings. The Balaban J connectivity index is 2.10. The second kappa shape index (κ2) is 14.0. The molecule has 0 saturated carbocycles. The second-order valence-corrected chi connectivity index (χ2v) is 12.6. The minimum Gasteiger partial charge on any atom is -0.352 e. The Morgan fingerprint density at radius 2 is 1.52 bits per heavy atom. The first-order valence-electron chi connectivity index (χ1n) is 13.0. The molecule has 0 aliphatic rings. The molecule has 0 aromatic heterocycles. The smallest absolute Gasteiger partial charge is 0.244 e. The van der Waals surface area contributed by atoms with Crippen LogP contribution in [-0.2, 0) is 32.6 Å². The minimum atomic E-state index is -3.84. The number of hydrogen-bond donors (Lipinski definition) is 1. The molecular weight excluding hydrogens is 569 g/mol. The lowest BCUT2D eigenvalue weighted by atomic mass is 10.0. The SMILES string of the molecule is CC[C@@H](C)NC(=O)[C@H](Cc1ccccc1)N(Cc1c(Cl)cccc1Cl)C(=O)CN(c1ccc(C)cc1)S(C)(=O)=O. The van der Waals surface area contributed by atoms with E-state index in [2.05, 4.69) is 5.32 Å². The zero-order valence-corrected chi connectivity index (χ0v) is 25.4. The van der Waals surface area contributed by atoms with E-state index in [1.807, 2.05) is 51.1 Å². The molecule has 0 aliphatic heterocycles. The topological polar surface area (TPSA) is 86.8 Å². The molecule has 0 fully saturated rings. The van der Waals surface area contributed by atoms with E-state index in [0.29, 0.717) is 27.7 Å². The summed E-state index contributed by atoms with van der Waals surface area (Å²) in [6.45, 7) is 5.13. The van der Waals surface area contributed by atoms with Gasteiger partial charge in [0.2, 0.25) is 21.8 Å². The number of hydrogen-bond acceptors (Lipinski definition) is 4. The molecule has 0 saturated heterocycles. The number of anilines is 1. The van der Waals surface area contributed by atoms with E-state index in [9.17, 15) is 18.0 Å². The Morgan fingerprint density at radius 1 is 0.925 bits per heavy atom. The van der Waals surface area contributed by atoms with Crippen molar-refractivity contribution in [1.29, 1.82) is 0 Å². The van der Waals surface area contributed by atoms with Gasteiger partial charge in [0.25, 0.3) is 0 Å². The number of halogens is 2. The Hall–Kier alpha value is -3.07. The van der Waals surface area contributed by atoms with Gasteiger partial charge < -0.3 is 10.2 Å². The van der Waals surface area contributed by atoms with Gasteiger partial charge in [-0.05, 0) is 50.1 Å². The van der Waals surface area contributed by atoms with Crippen molar-refractivity contribution in [3.05, 3.63) is 99.5 Å². The van der Waals surface area contributed by atoms with Crippen LogP contribution in [0, 0.1) is 6.92 Å². The van der Waals surface area contributed by atoms with E-state index in [4.69, 9.17) is 23.2 Å². The summed E-state index contributed by atoms with van der Waals surface area (Å²) in [4.78, 5) is 29.2. The van der Waals surface area contributed by atoms with Crippen LogP contribution < -0.4 is 9.62 Å². The van der Waals surface area contributed by atoms with Crippen LogP contribution in [0.1, 0.15) is 37.0 Å². The van der Waals surface area contributed by atoms with Crippen molar-refractivity contribution in [2.24, 2.45) is 0 Å². The molecule has 0 bridgehead atoms. The van der Waals surface area contributed by atoms with Crippen molar-refractivity contribution in [1.82, 2.24) is 10.2 Å². The Morgan fingerprint density at radius 3 is 2.08 bits per heavy atom. The van der Waals surface area contributed by atoms with Gasteiger partial charge in [0, 0.05) is 34.6 Å². The lowest BCUT2D eigenvalue weighted by molar-refractivity contribution is -0.140.